The molecule has 84 valence electrons. The van der Waals surface area contributed by atoms with E-state index in [0.29, 0.717) is 19.3 Å². The van der Waals surface area contributed by atoms with Crippen LogP contribution in [0.1, 0.15) is 13.3 Å². The predicted octanol–water partition coefficient (Wildman–Crippen LogP) is 0.557. The summed E-state index contributed by atoms with van der Waals surface area (Å²) in [5.74, 6) is 0. The Kier molecular flexibility index (Phi) is 5.00. The molecule has 1 aliphatic heterocycles. The fraction of sp³-hybridized carbons (Fsp3) is 1.00. The summed E-state index contributed by atoms with van der Waals surface area (Å²) in [6.45, 7) is 3.80. The first-order valence-corrected chi connectivity index (χ1v) is 6.39. The van der Waals surface area contributed by atoms with Gasteiger partial charge in [-0.05, 0) is 13.3 Å². The lowest BCUT2D eigenvalue weighted by molar-refractivity contribution is -0.00723. The number of rotatable bonds is 8. The van der Waals surface area contributed by atoms with Crippen LogP contribution < -0.4 is 0 Å². The van der Waals surface area contributed by atoms with E-state index >= 15 is 0 Å². The van der Waals surface area contributed by atoms with E-state index < -0.39 is 9.05 Å². The highest BCUT2D eigenvalue weighted by Crippen LogP contribution is 2.16. The predicted molar refractivity (Wildman–Crippen MR) is 51.7 cm³/mol. The van der Waals surface area contributed by atoms with Gasteiger partial charge in [-0.15, -0.1) is 0 Å². The molecule has 0 N–H and O–H groups in total. The molecule has 1 rings (SSSR count). The first-order valence-electron chi connectivity index (χ1n) is 4.76. The van der Waals surface area contributed by atoms with Gasteiger partial charge in [0.15, 0.2) is 0 Å². The van der Waals surface area contributed by atoms with Gasteiger partial charge in [-0.2, -0.15) is 0 Å². The van der Waals surface area contributed by atoms with Crippen molar-refractivity contribution in [1.82, 2.24) is 0 Å². The Morgan fingerprint density at radius 3 is 2.36 bits per heavy atom. The Morgan fingerprint density at radius 2 is 1.93 bits per heavy atom. The second kappa shape index (κ2) is 5.79. The van der Waals surface area contributed by atoms with Gasteiger partial charge in [-0.3, -0.25) is 0 Å². The first-order chi connectivity index (χ1) is 6.76. The molecule has 0 radical (unpaired) electrons. The van der Waals surface area contributed by atoms with Crippen LogP contribution in [0.4, 0.5) is 0 Å². The Labute approximate surface area is 85.7 Å². The normalized spacial score (nSPS) is 21.2. The van der Waals surface area contributed by atoms with Crippen molar-refractivity contribution in [2.75, 3.05) is 34.0 Å². The Hall–Kier alpha value is 0.0169. The van der Waals surface area contributed by atoms with Crippen molar-refractivity contribution in [1.29, 1.82) is 0 Å². The lowest BCUT2D eigenvalue weighted by Gasteiger charge is -2.24. The molecule has 0 amide bonds. The van der Waals surface area contributed by atoms with Crippen LogP contribution in [0.25, 0.3) is 0 Å². The molecule has 1 atom stereocenters. The van der Waals surface area contributed by atoms with E-state index in [0.717, 1.165) is 13.0 Å². The molecule has 1 heterocycles. The van der Waals surface area contributed by atoms with Gasteiger partial charge >= 0.3 is 9.05 Å². The molecule has 1 unspecified atom stereocenters. The molecule has 5 nitrogen and oxygen atoms in total. The summed E-state index contributed by atoms with van der Waals surface area (Å²) in [6.07, 6.45) is 1.23. The van der Waals surface area contributed by atoms with Crippen LogP contribution in [0, 0.1) is 0 Å². The van der Waals surface area contributed by atoms with Crippen LogP contribution in [0.2, 0.25) is 0 Å². The van der Waals surface area contributed by atoms with Gasteiger partial charge in [-0.1, -0.05) is 0 Å². The number of epoxide rings is 1. The molecule has 0 aliphatic carbocycles. The van der Waals surface area contributed by atoms with E-state index in [9.17, 15) is 0 Å². The highest BCUT2D eigenvalue weighted by Gasteiger charge is 2.43. The smallest absolute Gasteiger partial charge is 0.373 e. The Bertz CT molecular complexity index is 158. The molecule has 0 saturated carbocycles. The third-order valence-corrected chi connectivity index (χ3v) is 4.14. The van der Waals surface area contributed by atoms with Gasteiger partial charge in [0.2, 0.25) is 0 Å². The summed E-state index contributed by atoms with van der Waals surface area (Å²) in [6, 6.07) is 0. The zero-order chi connectivity index (χ0) is 10.4. The molecule has 0 spiro atoms. The van der Waals surface area contributed by atoms with Crippen LogP contribution in [0.5, 0.6) is 0 Å². The average Bonchev–Trinajstić information content (AvgIpc) is 3.00. The zero-order valence-corrected chi connectivity index (χ0v) is 9.95. The van der Waals surface area contributed by atoms with Crippen molar-refractivity contribution in [3.8, 4) is 0 Å². The monoisotopic (exact) mass is 222 g/mol. The highest BCUT2D eigenvalue weighted by molar-refractivity contribution is 6.53. The van der Waals surface area contributed by atoms with E-state index in [1.165, 1.54) is 0 Å². The third kappa shape index (κ3) is 3.64. The standard InChI is InChI=1S/C8H18O5Si/c1-4-12-14(9-2,10-3)13-6-5-8-7-11-8/h8H,4-7H2,1-3H3. The van der Waals surface area contributed by atoms with Crippen LogP contribution in [0.3, 0.4) is 0 Å². The van der Waals surface area contributed by atoms with Gasteiger partial charge in [-0.25, -0.2) is 0 Å². The quantitative estimate of drug-likeness (QED) is 0.443. The van der Waals surface area contributed by atoms with Crippen LogP contribution in [-0.2, 0) is 22.4 Å². The summed E-state index contributed by atoms with van der Waals surface area (Å²) >= 11 is 0. The minimum Gasteiger partial charge on any atom is -0.373 e. The molecule has 14 heavy (non-hydrogen) atoms. The van der Waals surface area contributed by atoms with Crippen LogP contribution >= 0.6 is 0 Å². The van der Waals surface area contributed by atoms with Crippen LogP contribution in [-0.4, -0.2) is 49.2 Å². The fourth-order valence-corrected chi connectivity index (χ4v) is 2.53. The molecule has 0 aromatic rings. The molecule has 1 fully saturated rings. The van der Waals surface area contributed by atoms with Crippen molar-refractivity contribution in [3.05, 3.63) is 0 Å². The molecule has 0 bridgehead atoms. The van der Waals surface area contributed by atoms with Gasteiger partial charge in [0.05, 0.1) is 12.7 Å². The highest BCUT2D eigenvalue weighted by atomic mass is 28.4. The zero-order valence-electron chi connectivity index (χ0n) is 8.95. The van der Waals surface area contributed by atoms with E-state index in [2.05, 4.69) is 0 Å². The van der Waals surface area contributed by atoms with Crippen LogP contribution in [0.15, 0.2) is 0 Å². The maximum atomic E-state index is 5.51. The largest absolute Gasteiger partial charge is 0.679 e. The first kappa shape index (κ1) is 12.1. The topological polar surface area (TPSA) is 49.5 Å². The lowest BCUT2D eigenvalue weighted by atomic mass is 10.4. The minimum absolute atomic E-state index is 0.358. The minimum atomic E-state index is -2.84. The molecule has 0 aromatic carbocycles. The maximum Gasteiger partial charge on any atom is 0.679 e. The summed E-state index contributed by atoms with van der Waals surface area (Å²) < 4.78 is 26.3. The van der Waals surface area contributed by atoms with Gasteiger partial charge in [0.1, 0.15) is 0 Å². The van der Waals surface area contributed by atoms with E-state index in [-0.39, 0.29) is 0 Å². The summed E-state index contributed by atoms with van der Waals surface area (Å²) in [7, 11) is 0.243. The Morgan fingerprint density at radius 1 is 1.29 bits per heavy atom. The Balaban J connectivity index is 2.23. The SMILES string of the molecule is CCO[Si](OC)(OC)OCCC1CO1. The number of ether oxygens (including phenoxy) is 1. The molecule has 1 saturated heterocycles. The molecule has 6 heteroatoms. The van der Waals surface area contributed by atoms with Crippen molar-refractivity contribution in [2.24, 2.45) is 0 Å². The molecular weight excluding hydrogens is 204 g/mol. The van der Waals surface area contributed by atoms with E-state index in [1.54, 1.807) is 14.2 Å². The molecule has 1 aliphatic rings. The fourth-order valence-electron chi connectivity index (χ4n) is 1.09. The van der Waals surface area contributed by atoms with Crippen molar-refractivity contribution in [3.63, 3.8) is 0 Å². The van der Waals surface area contributed by atoms with E-state index in [4.69, 9.17) is 22.4 Å². The second-order valence-electron chi connectivity index (χ2n) is 2.93. The van der Waals surface area contributed by atoms with Crippen molar-refractivity contribution >= 4 is 9.05 Å². The van der Waals surface area contributed by atoms with Crippen molar-refractivity contribution in [2.45, 2.75) is 19.4 Å². The maximum absolute atomic E-state index is 5.51. The summed E-state index contributed by atoms with van der Waals surface area (Å²) in [5, 5.41) is 0. The summed E-state index contributed by atoms with van der Waals surface area (Å²) in [4.78, 5) is 0. The average molecular weight is 222 g/mol. The number of hydrogen-bond acceptors (Lipinski definition) is 5. The van der Waals surface area contributed by atoms with Gasteiger partial charge in [0, 0.05) is 27.4 Å². The summed E-state index contributed by atoms with van der Waals surface area (Å²) in [5.41, 5.74) is 0. The third-order valence-electron chi connectivity index (χ3n) is 1.94. The van der Waals surface area contributed by atoms with Gasteiger partial charge < -0.3 is 22.4 Å². The molecular formula is C8H18O5Si. The van der Waals surface area contributed by atoms with Crippen molar-refractivity contribution < 1.29 is 22.4 Å². The van der Waals surface area contributed by atoms with Gasteiger partial charge in [0.25, 0.3) is 0 Å². The van der Waals surface area contributed by atoms with E-state index in [1.807, 2.05) is 6.92 Å². The lowest BCUT2D eigenvalue weighted by Crippen LogP contribution is -2.47. The number of hydrogen-bond donors (Lipinski definition) is 0. The second-order valence-corrected chi connectivity index (χ2v) is 5.33. The molecule has 0 aromatic heterocycles.